The highest BCUT2D eigenvalue weighted by atomic mass is 16.1. The standard InChI is InChI=1S/C14H25NO/c16-14(10-12-6-2-1-3-7-12)11-15-13-8-4-5-9-13/h12-13,15H,1-11H2. The average molecular weight is 223 g/mol. The summed E-state index contributed by atoms with van der Waals surface area (Å²) in [5.41, 5.74) is 0. The molecule has 2 rings (SSSR count). The molecule has 2 nitrogen and oxygen atoms in total. The second-order valence-electron chi connectivity index (χ2n) is 5.61. The van der Waals surface area contributed by atoms with Gasteiger partial charge in [0.1, 0.15) is 5.78 Å². The molecule has 0 atom stereocenters. The smallest absolute Gasteiger partial charge is 0.146 e. The lowest BCUT2D eigenvalue weighted by atomic mass is 9.86. The quantitative estimate of drug-likeness (QED) is 0.776. The lowest BCUT2D eigenvalue weighted by molar-refractivity contribution is -0.119. The van der Waals surface area contributed by atoms with Crippen molar-refractivity contribution in [3.63, 3.8) is 0 Å². The molecule has 0 heterocycles. The molecule has 92 valence electrons. The molecule has 0 aromatic carbocycles. The zero-order valence-corrected chi connectivity index (χ0v) is 10.3. The summed E-state index contributed by atoms with van der Waals surface area (Å²) < 4.78 is 0. The van der Waals surface area contributed by atoms with E-state index < -0.39 is 0 Å². The highest BCUT2D eigenvalue weighted by molar-refractivity contribution is 5.80. The van der Waals surface area contributed by atoms with Crippen LogP contribution in [0.3, 0.4) is 0 Å². The Morgan fingerprint density at radius 1 is 0.938 bits per heavy atom. The molecule has 0 aliphatic heterocycles. The van der Waals surface area contributed by atoms with Crippen LogP contribution in [-0.4, -0.2) is 18.4 Å². The van der Waals surface area contributed by atoms with Crippen molar-refractivity contribution < 1.29 is 4.79 Å². The molecular formula is C14H25NO. The minimum atomic E-state index is 0.443. The molecular weight excluding hydrogens is 198 g/mol. The summed E-state index contributed by atoms with van der Waals surface area (Å²) in [7, 11) is 0. The van der Waals surface area contributed by atoms with Crippen LogP contribution in [0.5, 0.6) is 0 Å². The molecule has 0 aromatic rings. The van der Waals surface area contributed by atoms with E-state index in [2.05, 4.69) is 5.32 Å². The maximum atomic E-state index is 11.8. The number of hydrogen-bond donors (Lipinski definition) is 1. The van der Waals surface area contributed by atoms with Gasteiger partial charge < -0.3 is 5.32 Å². The molecule has 2 heteroatoms. The predicted molar refractivity (Wildman–Crippen MR) is 66.5 cm³/mol. The van der Waals surface area contributed by atoms with E-state index in [-0.39, 0.29) is 0 Å². The molecule has 0 spiro atoms. The summed E-state index contributed by atoms with van der Waals surface area (Å²) in [5.74, 6) is 1.14. The van der Waals surface area contributed by atoms with Gasteiger partial charge in [-0.25, -0.2) is 0 Å². The van der Waals surface area contributed by atoms with Gasteiger partial charge in [0.25, 0.3) is 0 Å². The number of ketones is 1. The largest absolute Gasteiger partial charge is 0.307 e. The number of carbonyl (C=O) groups is 1. The third-order valence-corrected chi connectivity index (χ3v) is 4.18. The first kappa shape index (κ1) is 12.1. The minimum Gasteiger partial charge on any atom is -0.307 e. The Hall–Kier alpha value is -0.370. The molecule has 2 aliphatic carbocycles. The van der Waals surface area contributed by atoms with E-state index in [1.54, 1.807) is 0 Å². The Morgan fingerprint density at radius 3 is 2.25 bits per heavy atom. The normalized spacial score (nSPS) is 23.8. The lowest BCUT2D eigenvalue weighted by Gasteiger charge is -2.21. The van der Waals surface area contributed by atoms with Gasteiger partial charge in [-0.05, 0) is 18.8 Å². The van der Waals surface area contributed by atoms with E-state index in [4.69, 9.17) is 0 Å². The van der Waals surface area contributed by atoms with Crippen molar-refractivity contribution >= 4 is 5.78 Å². The Labute approximate surface area is 99.2 Å². The van der Waals surface area contributed by atoms with Gasteiger partial charge in [-0.3, -0.25) is 4.79 Å². The predicted octanol–water partition coefficient (Wildman–Crippen LogP) is 3.06. The van der Waals surface area contributed by atoms with E-state index in [1.807, 2.05) is 0 Å². The summed E-state index contributed by atoms with van der Waals surface area (Å²) in [6.45, 7) is 0.626. The summed E-state index contributed by atoms with van der Waals surface area (Å²) in [6, 6.07) is 0.635. The van der Waals surface area contributed by atoms with Gasteiger partial charge in [0.15, 0.2) is 0 Å². The van der Waals surface area contributed by atoms with Crippen LogP contribution in [0, 0.1) is 5.92 Å². The molecule has 0 saturated heterocycles. The molecule has 0 amide bonds. The van der Waals surface area contributed by atoms with Gasteiger partial charge in [-0.1, -0.05) is 44.9 Å². The lowest BCUT2D eigenvalue weighted by Crippen LogP contribution is -2.32. The van der Waals surface area contributed by atoms with Gasteiger partial charge in [0, 0.05) is 12.5 Å². The van der Waals surface area contributed by atoms with Crippen molar-refractivity contribution in [1.29, 1.82) is 0 Å². The van der Waals surface area contributed by atoms with Crippen molar-refractivity contribution in [2.45, 2.75) is 70.3 Å². The van der Waals surface area contributed by atoms with Crippen LogP contribution in [0.15, 0.2) is 0 Å². The molecule has 0 bridgehead atoms. The van der Waals surface area contributed by atoms with E-state index >= 15 is 0 Å². The van der Waals surface area contributed by atoms with E-state index in [0.29, 0.717) is 24.3 Å². The maximum Gasteiger partial charge on any atom is 0.146 e. The molecule has 16 heavy (non-hydrogen) atoms. The first-order chi connectivity index (χ1) is 7.84. The second kappa shape index (κ2) is 6.39. The third-order valence-electron chi connectivity index (χ3n) is 4.18. The van der Waals surface area contributed by atoms with Crippen LogP contribution < -0.4 is 5.32 Å². The van der Waals surface area contributed by atoms with Crippen molar-refractivity contribution in [2.75, 3.05) is 6.54 Å². The first-order valence-electron chi connectivity index (χ1n) is 7.09. The highest BCUT2D eigenvalue weighted by Crippen LogP contribution is 2.26. The molecule has 2 saturated carbocycles. The fourth-order valence-corrected chi connectivity index (χ4v) is 3.17. The Kier molecular flexibility index (Phi) is 4.83. The molecule has 2 aliphatic rings. The van der Waals surface area contributed by atoms with Gasteiger partial charge in [0.2, 0.25) is 0 Å². The monoisotopic (exact) mass is 223 g/mol. The SMILES string of the molecule is O=C(CNC1CCCC1)CC1CCCCC1. The Balaban J connectivity index is 1.59. The van der Waals surface area contributed by atoms with Crippen molar-refractivity contribution in [1.82, 2.24) is 5.32 Å². The molecule has 0 unspecified atom stereocenters. The average Bonchev–Trinajstić information content (AvgIpc) is 2.81. The van der Waals surface area contributed by atoms with E-state index in [1.165, 1.54) is 57.8 Å². The number of rotatable bonds is 5. The van der Waals surface area contributed by atoms with Crippen LogP contribution in [0.2, 0.25) is 0 Å². The van der Waals surface area contributed by atoms with E-state index in [0.717, 1.165) is 6.42 Å². The van der Waals surface area contributed by atoms with Gasteiger partial charge in [0.05, 0.1) is 6.54 Å². The Morgan fingerprint density at radius 2 is 1.56 bits per heavy atom. The molecule has 0 aromatic heterocycles. The number of Topliss-reactive ketones (excluding diaryl/α,β-unsaturated/α-hetero) is 1. The summed E-state index contributed by atoms with van der Waals surface area (Å²) in [6.07, 6.45) is 12.7. The maximum absolute atomic E-state index is 11.8. The first-order valence-corrected chi connectivity index (χ1v) is 7.09. The van der Waals surface area contributed by atoms with Crippen molar-refractivity contribution in [3.05, 3.63) is 0 Å². The summed E-state index contributed by atoms with van der Waals surface area (Å²) >= 11 is 0. The third kappa shape index (κ3) is 3.89. The van der Waals surface area contributed by atoms with E-state index in [9.17, 15) is 4.79 Å². The topological polar surface area (TPSA) is 29.1 Å². The Bertz CT molecular complexity index is 215. The molecule has 1 N–H and O–H groups in total. The van der Waals surface area contributed by atoms with Gasteiger partial charge >= 0.3 is 0 Å². The summed E-state index contributed by atoms with van der Waals surface area (Å²) in [5, 5.41) is 3.42. The second-order valence-corrected chi connectivity index (χ2v) is 5.61. The highest BCUT2D eigenvalue weighted by Gasteiger charge is 2.19. The zero-order valence-electron chi connectivity index (χ0n) is 10.3. The molecule has 0 radical (unpaired) electrons. The number of hydrogen-bond acceptors (Lipinski definition) is 2. The van der Waals surface area contributed by atoms with Crippen LogP contribution in [-0.2, 0) is 4.79 Å². The van der Waals surface area contributed by atoms with Crippen LogP contribution in [0.4, 0.5) is 0 Å². The number of carbonyl (C=O) groups excluding carboxylic acids is 1. The van der Waals surface area contributed by atoms with Crippen molar-refractivity contribution in [2.24, 2.45) is 5.92 Å². The number of nitrogens with one attached hydrogen (secondary N) is 1. The van der Waals surface area contributed by atoms with Gasteiger partial charge in [-0.15, -0.1) is 0 Å². The van der Waals surface area contributed by atoms with Crippen LogP contribution >= 0.6 is 0 Å². The fraction of sp³-hybridized carbons (Fsp3) is 0.929. The fourth-order valence-electron chi connectivity index (χ4n) is 3.17. The summed E-state index contributed by atoms with van der Waals surface area (Å²) in [4.78, 5) is 11.8. The van der Waals surface area contributed by atoms with Crippen molar-refractivity contribution in [3.8, 4) is 0 Å². The zero-order chi connectivity index (χ0) is 11.2. The van der Waals surface area contributed by atoms with Crippen LogP contribution in [0.1, 0.15) is 64.2 Å². The minimum absolute atomic E-state index is 0.443. The molecule has 2 fully saturated rings. The van der Waals surface area contributed by atoms with Crippen LogP contribution in [0.25, 0.3) is 0 Å². The van der Waals surface area contributed by atoms with Gasteiger partial charge in [-0.2, -0.15) is 0 Å².